The molecule has 2 heterocycles. The first kappa shape index (κ1) is 21.5. The number of benzene rings is 1. The van der Waals surface area contributed by atoms with Crippen LogP contribution < -0.4 is 20.3 Å². The number of piperazine rings is 1. The Morgan fingerprint density at radius 3 is 2.48 bits per heavy atom. The van der Waals surface area contributed by atoms with E-state index in [4.69, 9.17) is 4.74 Å². The number of rotatable bonds is 9. The molecule has 29 heavy (non-hydrogen) atoms. The third-order valence-electron chi connectivity index (χ3n) is 5.22. The van der Waals surface area contributed by atoms with Crippen LogP contribution in [-0.2, 0) is 6.42 Å². The maximum Gasteiger partial charge on any atom is 0.190 e. The Morgan fingerprint density at radius 1 is 1.07 bits per heavy atom. The van der Waals surface area contributed by atoms with Gasteiger partial charge in [-0.25, -0.2) is 0 Å². The molecule has 1 aliphatic rings. The van der Waals surface area contributed by atoms with Crippen molar-refractivity contribution in [2.45, 2.75) is 12.8 Å². The summed E-state index contributed by atoms with van der Waals surface area (Å²) in [6.45, 7) is 7.34. The van der Waals surface area contributed by atoms with E-state index in [1.807, 2.05) is 19.2 Å². The molecule has 1 saturated heterocycles. The third kappa shape index (κ3) is 6.94. The van der Waals surface area contributed by atoms with Crippen molar-refractivity contribution in [1.82, 2.24) is 15.5 Å². The van der Waals surface area contributed by atoms with Gasteiger partial charge >= 0.3 is 0 Å². The number of anilines is 1. The van der Waals surface area contributed by atoms with Crippen molar-refractivity contribution in [2.24, 2.45) is 4.99 Å². The van der Waals surface area contributed by atoms with Crippen molar-refractivity contribution in [3.63, 3.8) is 0 Å². The molecule has 158 valence electrons. The molecule has 0 radical (unpaired) electrons. The van der Waals surface area contributed by atoms with E-state index in [-0.39, 0.29) is 0 Å². The van der Waals surface area contributed by atoms with Gasteiger partial charge in [-0.3, -0.25) is 9.89 Å². The van der Waals surface area contributed by atoms with Crippen LogP contribution in [0.25, 0.3) is 0 Å². The minimum absolute atomic E-state index is 0.894. The Kier molecular flexibility index (Phi) is 8.64. The van der Waals surface area contributed by atoms with Crippen molar-refractivity contribution >= 4 is 23.0 Å². The predicted molar refractivity (Wildman–Crippen MR) is 124 cm³/mol. The van der Waals surface area contributed by atoms with E-state index in [1.165, 1.54) is 10.6 Å². The number of hydrogen-bond donors (Lipinski definition) is 2. The molecule has 6 nitrogen and oxygen atoms in total. The van der Waals surface area contributed by atoms with Crippen molar-refractivity contribution < 1.29 is 4.74 Å². The van der Waals surface area contributed by atoms with Crippen LogP contribution in [0.2, 0.25) is 0 Å². The first-order valence-corrected chi connectivity index (χ1v) is 11.2. The number of nitrogens with one attached hydrogen (secondary N) is 2. The van der Waals surface area contributed by atoms with Gasteiger partial charge in [-0.05, 0) is 55.1 Å². The topological polar surface area (TPSA) is 52.1 Å². The number of methoxy groups -OCH3 is 1. The first-order valence-electron chi connectivity index (χ1n) is 10.4. The SMILES string of the molecule is CN=C(NCCCN1CCN(c2ccc(OC)cc2)CC1)NCCc1cccs1. The van der Waals surface area contributed by atoms with Gasteiger partial charge in [0.25, 0.3) is 0 Å². The number of guanidine groups is 1. The molecular formula is C22H33N5OS. The van der Waals surface area contributed by atoms with Gasteiger partial charge in [0.05, 0.1) is 7.11 Å². The molecule has 0 atom stereocenters. The summed E-state index contributed by atoms with van der Waals surface area (Å²) in [4.78, 5) is 10.7. The lowest BCUT2D eigenvalue weighted by Gasteiger charge is -2.36. The maximum absolute atomic E-state index is 5.25. The Labute approximate surface area is 178 Å². The van der Waals surface area contributed by atoms with Crippen LogP contribution in [0.3, 0.4) is 0 Å². The second kappa shape index (κ2) is 11.7. The Morgan fingerprint density at radius 2 is 1.83 bits per heavy atom. The maximum atomic E-state index is 5.25. The smallest absolute Gasteiger partial charge is 0.190 e. The highest BCUT2D eigenvalue weighted by molar-refractivity contribution is 7.09. The van der Waals surface area contributed by atoms with Crippen molar-refractivity contribution in [3.05, 3.63) is 46.7 Å². The van der Waals surface area contributed by atoms with Crippen LogP contribution in [0, 0.1) is 0 Å². The van der Waals surface area contributed by atoms with E-state index in [0.717, 1.165) is 70.4 Å². The average Bonchev–Trinajstić information content (AvgIpc) is 3.29. The molecule has 1 aliphatic heterocycles. The highest BCUT2D eigenvalue weighted by Gasteiger charge is 2.16. The minimum atomic E-state index is 0.894. The average molecular weight is 416 g/mol. The van der Waals surface area contributed by atoms with Crippen molar-refractivity contribution in [1.29, 1.82) is 0 Å². The quantitative estimate of drug-likeness (QED) is 0.375. The van der Waals surface area contributed by atoms with Crippen molar-refractivity contribution in [3.8, 4) is 5.75 Å². The van der Waals surface area contributed by atoms with Gasteiger partial charge in [0.15, 0.2) is 5.96 Å². The molecule has 0 unspecified atom stereocenters. The predicted octanol–water partition coefficient (Wildman–Crippen LogP) is 2.68. The Bertz CT molecular complexity index is 724. The molecule has 0 amide bonds. The monoisotopic (exact) mass is 415 g/mol. The molecule has 0 aliphatic carbocycles. The molecule has 1 aromatic carbocycles. The van der Waals surface area contributed by atoms with E-state index < -0.39 is 0 Å². The van der Waals surface area contributed by atoms with Crippen LogP contribution in [0.1, 0.15) is 11.3 Å². The van der Waals surface area contributed by atoms with E-state index in [2.05, 4.69) is 55.1 Å². The molecule has 0 saturated carbocycles. The third-order valence-corrected chi connectivity index (χ3v) is 6.16. The lowest BCUT2D eigenvalue weighted by molar-refractivity contribution is 0.255. The number of aliphatic imine (C=N–C) groups is 1. The molecule has 3 rings (SSSR count). The van der Waals surface area contributed by atoms with E-state index >= 15 is 0 Å². The van der Waals surface area contributed by atoms with Crippen LogP contribution in [-0.4, -0.2) is 70.8 Å². The van der Waals surface area contributed by atoms with Gasteiger partial charge in [-0.15, -0.1) is 11.3 Å². The number of nitrogens with zero attached hydrogens (tertiary/aromatic N) is 3. The molecule has 0 bridgehead atoms. The zero-order valence-electron chi connectivity index (χ0n) is 17.6. The molecular weight excluding hydrogens is 382 g/mol. The second-order valence-electron chi connectivity index (χ2n) is 7.14. The van der Waals surface area contributed by atoms with E-state index in [0.29, 0.717) is 0 Å². The zero-order valence-corrected chi connectivity index (χ0v) is 18.4. The zero-order chi connectivity index (χ0) is 20.3. The lowest BCUT2D eigenvalue weighted by Crippen LogP contribution is -2.47. The van der Waals surface area contributed by atoms with Crippen LogP contribution >= 0.6 is 11.3 Å². The summed E-state index contributed by atoms with van der Waals surface area (Å²) in [6, 6.07) is 12.6. The second-order valence-corrected chi connectivity index (χ2v) is 8.17. The van der Waals surface area contributed by atoms with Gasteiger partial charge in [-0.2, -0.15) is 0 Å². The summed E-state index contributed by atoms with van der Waals surface area (Å²) in [5.41, 5.74) is 1.28. The first-order chi connectivity index (χ1) is 14.3. The number of thiophene rings is 1. The lowest BCUT2D eigenvalue weighted by atomic mass is 10.2. The normalized spacial score (nSPS) is 15.4. The molecule has 1 aromatic heterocycles. The van der Waals surface area contributed by atoms with Crippen LogP contribution in [0.4, 0.5) is 5.69 Å². The largest absolute Gasteiger partial charge is 0.497 e. The standard InChI is InChI=1S/C22H33N5OS/c1-23-22(25-12-10-21-5-3-18-29-21)24-11-4-13-26-14-16-27(17-15-26)19-6-8-20(28-2)9-7-19/h3,5-9,18H,4,10-17H2,1-2H3,(H2,23,24,25). The highest BCUT2D eigenvalue weighted by Crippen LogP contribution is 2.20. The molecule has 7 heteroatoms. The van der Waals surface area contributed by atoms with Gasteiger partial charge in [0.1, 0.15) is 5.75 Å². The fourth-order valence-electron chi connectivity index (χ4n) is 3.51. The van der Waals surface area contributed by atoms with Crippen LogP contribution in [0.5, 0.6) is 5.75 Å². The Hall–Kier alpha value is -2.25. The summed E-state index contributed by atoms with van der Waals surface area (Å²) < 4.78 is 5.25. The van der Waals surface area contributed by atoms with Crippen LogP contribution in [0.15, 0.2) is 46.8 Å². The summed E-state index contributed by atoms with van der Waals surface area (Å²) >= 11 is 1.80. The molecule has 1 fully saturated rings. The minimum Gasteiger partial charge on any atom is -0.497 e. The number of hydrogen-bond acceptors (Lipinski definition) is 5. The van der Waals surface area contributed by atoms with E-state index in [9.17, 15) is 0 Å². The highest BCUT2D eigenvalue weighted by atomic mass is 32.1. The van der Waals surface area contributed by atoms with Gasteiger partial charge in [0, 0.05) is 56.9 Å². The van der Waals surface area contributed by atoms with E-state index in [1.54, 1.807) is 18.4 Å². The summed E-state index contributed by atoms with van der Waals surface area (Å²) in [5, 5.41) is 8.95. The Balaban J connectivity index is 1.28. The molecule has 0 spiro atoms. The van der Waals surface area contributed by atoms with Gasteiger partial charge < -0.3 is 20.3 Å². The van der Waals surface area contributed by atoms with Crippen molar-refractivity contribution in [2.75, 3.05) is 64.9 Å². The molecule has 2 aromatic rings. The van der Waals surface area contributed by atoms with Gasteiger partial charge in [-0.1, -0.05) is 6.07 Å². The van der Waals surface area contributed by atoms with Gasteiger partial charge in [0.2, 0.25) is 0 Å². The number of ether oxygens (including phenoxy) is 1. The fourth-order valence-corrected chi connectivity index (χ4v) is 4.22. The summed E-state index contributed by atoms with van der Waals surface area (Å²) in [5.74, 6) is 1.81. The summed E-state index contributed by atoms with van der Waals surface area (Å²) in [7, 11) is 3.54. The molecule has 2 N–H and O–H groups in total. The summed E-state index contributed by atoms with van der Waals surface area (Å²) in [6.07, 6.45) is 2.16. The fraction of sp³-hybridized carbons (Fsp3) is 0.500.